The molecule has 1 heterocycles. The lowest BCUT2D eigenvalue weighted by molar-refractivity contribution is 0.0360. The first-order valence-corrected chi connectivity index (χ1v) is 9.03. The average Bonchev–Trinajstić information content (AvgIpc) is 3.09. The minimum absolute atomic E-state index is 0.00575. The summed E-state index contributed by atoms with van der Waals surface area (Å²) in [5.74, 6) is -0.186. The molecule has 2 aromatic rings. The molecule has 5 heteroatoms. The van der Waals surface area contributed by atoms with Crippen LogP contribution in [0.15, 0.2) is 42.5 Å². The van der Waals surface area contributed by atoms with Crippen LogP contribution in [-0.4, -0.2) is 18.6 Å². The Morgan fingerprint density at radius 1 is 1.19 bits per heavy atom. The van der Waals surface area contributed by atoms with Gasteiger partial charge in [-0.1, -0.05) is 24.3 Å². The predicted molar refractivity (Wildman–Crippen MR) is 96.0 cm³/mol. The highest BCUT2D eigenvalue weighted by Crippen LogP contribution is 2.47. The number of ether oxygens (including phenoxy) is 2. The summed E-state index contributed by atoms with van der Waals surface area (Å²) in [6.45, 7) is 0. The summed E-state index contributed by atoms with van der Waals surface area (Å²) in [7, 11) is 1.39. The second-order valence-corrected chi connectivity index (χ2v) is 7.08. The lowest BCUT2D eigenvalue weighted by Crippen LogP contribution is -2.43. The van der Waals surface area contributed by atoms with Crippen LogP contribution < -0.4 is 14.8 Å². The molecular weight excluding hydrogens is 333 g/mol. The first kappa shape index (κ1) is 16.9. The number of amides is 1. The van der Waals surface area contributed by atoms with Crippen molar-refractivity contribution in [2.24, 2.45) is 0 Å². The predicted octanol–water partition coefficient (Wildman–Crippen LogP) is 4.40. The smallest absolute Gasteiger partial charge is 0.254 e. The molecule has 0 bridgehead atoms. The van der Waals surface area contributed by atoms with Crippen LogP contribution in [0.4, 0.5) is 4.39 Å². The number of methoxy groups -OCH3 is 1. The van der Waals surface area contributed by atoms with E-state index in [1.54, 1.807) is 6.07 Å². The number of hydrogen-bond acceptors (Lipinski definition) is 3. The second-order valence-electron chi connectivity index (χ2n) is 7.08. The summed E-state index contributed by atoms with van der Waals surface area (Å²) in [5, 5.41) is 3.02. The summed E-state index contributed by atoms with van der Waals surface area (Å²) in [4.78, 5) is 12.8. The van der Waals surface area contributed by atoms with Gasteiger partial charge in [0.05, 0.1) is 18.7 Å². The van der Waals surface area contributed by atoms with Gasteiger partial charge in [0.15, 0.2) is 11.6 Å². The number of carbonyl (C=O) groups is 1. The lowest BCUT2D eigenvalue weighted by Gasteiger charge is -2.40. The minimum Gasteiger partial charge on any atom is -0.494 e. The molecule has 0 radical (unpaired) electrons. The van der Waals surface area contributed by atoms with Crippen molar-refractivity contribution in [3.05, 3.63) is 59.4 Å². The summed E-state index contributed by atoms with van der Waals surface area (Å²) in [6, 6.07) is 12.2. The monoisotopic (exact) mass is 355 g/mol. The molecule has 2 aliphatic rings. The Morgan fingerprint density at radius 3 is 2.73 bits per heavy atom. The Bertz CT molecular complexity index is 830. The molecule has 1 aliphatic heterocycles. The van der Waals surface area contributed by atoms with Crippen molar-refractivity contribution in [2.45, 2.75) is 43.7 Å². The van der Waals surface area contributed by atoms with E-state index in [0.717, 1.165) is 37.0 Å². The maximum Gasteiger partial charge on any atom is 0.254 e. The third kappa shape index (κ3) is 2.91. The van der Waals surface area contributed by atoms with Crippen molar-refractivity contribution >= 4 is 5.91 Å². The van der Waals surface area contributed by atoms with Gasteiger partial charge in [-0.3, -0.25) is 4.79 Å². The van der Waals surface area contributed by atoms with E-state index in [1.807, 2.05) is 24.3 Å². The third-order valence-electron chi connectivity index (χ3n) is 5.44. The molecule has 0 saturated heterocycles. The van der Waals surface area contributed by atoms with E-state index in [1.165, 1.54) is 19.2 Å². The van der Waals surface area contributed by atoms with Crippen LogP contribution in [0.3, 0.4) is 0 Å². The second kappa shape index (κ2) is 6.63. The highest BCUT2D eigenvalue weighted by molar-refractivity contribution is 5.95. The van der Waals surface area contributed by atoms with Crippen molar-refractivity contribution in [2.75, 3.05) is 7.11 Å². The maximum atomic E-state index is 14.5. The zero-order valence-corrected chi connectivity index (χ0v) is 14.8. The van der Waals surface area contributed by atoms with E-state index < -0.39 is 11.7 Å². The number of nitrogens with one attached hydrogen (secondary N) is 1. The molecule has 1 saturated carbocycles. The van der Waals surface area contributed by atoms with E-state index in [-0.39, 0.29) is 23.0 Å². The van der Waals surface area contributed by atoms with Gasteiger partial charge in [0, 0.05) is 12.0 Å². The highest BCUT2D eigenvalue weighted by atomic mass is 19.1. The molecule has 26 heavy (non-hydrogen) atoms. The molecule has 0 aromatic heterocycles. The standard InChI is InChI=1S/C21H22FNO3/c1-25-18-10-6-8-15(19(18)22)20(24)23-16-13-21(11-4-5-12-21)26-17-9-3-2-7-14(16)17/h2-3,6-10,16H,4-5,11-13H2,1H3,(H,23,24). The van der Waals surface area contributed by atoms with E-state index >= 15 is 0 Å². The number of fused-ring (bicyclic) bond motifs is 1. The average molecular weight is 355 g/mol. The van der Waals surface area contributed by atoms with Crippen LogP contribution in [0.2, 0.25) is 0 Å². The summed E-state index contributed by atoms with van der Waals surface area (Å²) < 4.78 is 25.8. The number of carbonyl (C=O) groups excluding carboxylic acids is 1. The topological polar surface area (TPSA) is 47.6 Å². The molecular formula is C21H22FNO3. The molecule has 1 unspecified atom stereocenters. The van der Waals surface area contributed by atoms with Gasteiger partial charge in [0.2, 0.25) is 0 Å². The van der Waals surface area contributed by atoms with Crippen LogP contribution in [0.1, 0.15) is 54.1 Å². The van der Waals surface area contributed by atoms with Gasteiger partial charge < -0.3 is 14.8 Å². The quantitative estimate of drug-likeness (QED) is 0.888. The van der Waals surface area contributed by atoms with Crippen LogP contribution in [0, 0.1) is 5.82 Å². The van der Waals surface area contributed by atoms with Crippen LogP contribution >= 0.6 is 0 Å². The Morgan fingerprint density at radius 2 is 1.96 bits per heavy atom. The van der Waals surface area contributed by atoms with Crippen LogP contribution in [0.25, 0.3) is 0 Å². The zero-order valence-electron chi connectivity index (χ0n) is 14.8. The molecule has 1 atom stereocenters. The molecule has 1 spiro atoms. The fourth-order valence-electron chi connectivity index (χ4n) is 4.15. The highest BCUT2D eigenvalue weighted by Gasteiger charge is 2.43. The SMILES string of the molecule is COc1cccc(C(=O)NC2CC3(CCCC3)Oc3ccccc32)c1F. The molecule has 1 fully saturated rings. The molecule has 2 aromatic carbocycles. The van der Waals surface area contributed by atoms with Crippen molar-refractivity contribution in [3.8, 4) is 11.5 Å². The Hall–Kier alpha value is -2.56. The fraction of sp³-hybridized carbons (Fsp3) is 0.381. The number of halogens is 1. The molecule has 4 nitrogen and oxygen atoms in total. The molecule has 1 N–H and O–H groups in total. The number of benzene rings is 2. The van der Waals surface area contributed by atoms with E-state index in [9.17, 15) is 9.18 Å². The van der Waals surface area contributed by atoms with E-state index in [2.05, 4.69) is 5.32 Å². The van der Waals surface area contributed by atoms with Crippen molar-refractivity contribution in [1.82, 2.24) is 5.32 Å². The minimum atomic E-state index is -0.636. The molecule has 4 rings (SSSR count). The van der Waals surface area contributed by atoms with Crippen LogP contribution in [0.5, 0.6) is 11.5 Å². The van der Waals surface area contributed by atoms with Gasteiger partial charge in [-0.05, 0) is 43.9 Å². The van der Waals surface area contributed by atoms with E-state index in [0.29, 0.717) is 6.42 Å². The third-order valence-corrected chi connectivity index (χ3v) is 5.44. The first-order chi connectivity index (χ1) is 12.6. The molecule has 1 aliphatic carbocycles. The Labute approximate surface area is 152 Å². The largest absolute Gasteiger partial charge is 0.494 e. The molecule has 136 valence electrons. The zero-order chi connectivity index (χ0) is 18.1. The van der Waals surface area contributed by atoms with E-state index in [4.69, 9.17) is 9.47 Å². The molecule has 1 amide bonds. The van der Waals surface area contributed by atoms with Gasteiger partial charge in [-0.25, -0.2) is 4.39 Å². The van der Waals surface area contributed by atoms with Gasteiger partial charge in [0.25, 0.3) is 5.91 Å². The lowest BCUT2D eigenvalue weighted by atomic mass is 9.85. The summed E-state index contributed by atoms with van der Waals surface area (Å²) in [6.07, 6.45) is 4.95. The summed E-state index contributed by atoms with van der Waals surface area (Å²) >= 11 is 0. The van der Waals surface area contributed by atoms with Gasteiger partial charge in [-0.2, -0.15) is 0 Å². The Kier molecular flexibility index (Phi) is 4.31. The Balaban J connectivity index is 1.64. The van der Waals surface area contributed by atoms with Crippen molar-refractivity contribution < 1.29 is 18.7 Å². The van der Waals surface area contributed by atoms with Gasteiger partial charge >= 0.3 is 0 Å². The maximum absolute atomic E-state index is 14.5. The van der Waals surface area contributed by atoms with Crippen molar-refractivity contribution in [1.29, 1.82) is 0 Å². The van der Waals surface area contributed by atoms with Crippen molar-refractivity contribution in [3.63, 3.8) is 0 Å². The first-order valence-electron chi connectivity index (χ1n) is 9.03. The normalized spacial score (nSPS) is 20.3. The fourth-order valence-corrected chi connectivity index (χ4v) is 4.15. The summed E-state index contributed by atoms with van der Waals surface area (Å²) in [5.41, 5.74) is 0.717. The van der Waals surface area contributed by atoms with Gasteiger partial charge in [-0.15, -0.1) is 0 Å². The van der Waals surface area contributed by atoms with Crippen LogP contribution in [-0.2, 0) is 0 Å². The number of rotatable bonds is 3. The number of hydrogen-bond donors (Lipinski definition) is 1. The number of para-hydroxylation sites is 1. The van der Waals surface area contributed by atoms with Gasteiger partial charge in [0.1, 0.15) is 11.4 Å².